The molecule has 1 atom stereocenters. The van der Waals surface area contributed by atoms with Crippen LogP contribution in [0.1, 0.15) is 24.1 Å². The molecular weight excluding hydrogens is 352 g/mol. The van der Waals surface area contributed by atoms with Crippen LogP contribution in [0.15, 0.2) is 18.2 Å². The van der Waals surface area contributed by atoms with Crippen molar-refractivity contribution in [3.05, 3.63) is 29.5 Å². The van der Waals surface area contributed by atoms with E-state index in [1.54, 1.807) is 0 Å². The number of benzene rings is 1. The molecular formula is C18H26N4O3S. The molecule has 1 fully saturated rings. The lowest BCUT2D eigenvalue weighted by Crippen LogP contribution is -2.36. The van der Waals surface area contributed by atoms with Crippen LogP contribution in [-0.2, 0) is 28.2 Å². The molecule has 2 heterocycles. The Hall–Kier alpha value is -1.93. The van der Waals surface area contributed by atoms with Gasteiger partial charge in [0, 0.05) is 31.4 Å². The van der Waals surface area contributed by atoms with Crippen LogP contribution in [0.5, 0.6) is 0 Å². The molecule has 3 rings (SSSR count). The standard InChI is InChI=1S/C18H26N4O3S/c1-13-4-5-17-15(10-13)16(20-22(17)3)11-19-18(23)6-8-21(2)14-7-9-26(24,25)12-14/h4-5,10,14H,6-9,11-12H2,1-3H3,(H,19,23)/t14-/m0/s1. The number of hydrogen-bond donors (Lipinski definition) is 1. The molecule has 8 heteroatoms. The van der Waals surface area contributed by atoms with Crippen LogP contribution in [-0.4, -0.2) is 60.1 Å². The van der Waals surface area contributed by atoms with E-state index in [0.717, 1.165) is 22.2 Å². The lowest BCUT2D eigenvalue weighted by Gasteiger charge is -2.22. The molecule has 142 valence electrons. The molecule has 1 amide bonds. The van der Waals surface area contributed by atoms with E-state index in [9.17, 15) is 13.2 Å². The van der Waals surface area contributed by atoms with Crippen molar-refractivity contribution in [3.63, 3.8) is 0 Å². The molecule has 1 aromatic heterocycles. The van der Waals surface area contributed by atoms with Crippen molar-refractivity contribution in [2.75, 3.05) is 25.1 Å². The zero-order valence-corrected chi connectivity index (χ0v) is 16.3. The summed E-state index contributed by atoms with van der Waals surface area (Å²) in [5.74, 6) is 0.397. The van der Waals surface area contributed by atoms with Crippen molar-refractivity contribution in [3.8, 4) is 0 Å². The van der Waals surface area contributed by atoms with Gasteiger partial charge >= 0.3 is 0 Å². The van der Waals surface area contributed by atoms with Gasteiger partial charge in [0.15, 0.2) is 9.84 Å². The number of nitrogens with zero attached hydrogens (tertiary/aromatic N) is 3. The number of aryl methyl sites for hydroxylation is 2. The van der Waals surface area contributed by atoms with Crippen molar-refractivity contribution in [1.29, 1.82) is 0 Å². The van der Waals surface area contributed by atoms with Crippen LogP contribution < -0.4 is 5.32 Å². The smallest absolute Gasteiger partial charge is 0.221 e. The Morgan fingerprint density at radius 3 is 2.88 bits per heavy atom. The van der Waals surface area contributed by atoms with Crippen molar-refractivity contribution in [2.45, 2.75) is 32.4 Å². The number of nitrogens with one attached hydrogen (secondary N) is 1. The van der Waals surface area contributed by atoms with Gasteiger partial charge in [0.25, 0.3) is 0 Å². The zero-order valence-electron chi connectivity index (χ0n) is 15.5. The van der Waals surface area contributed by atoms with E-state index in [1.807, 2.05) is 42.7 Å². The largest absolute Gasteiger partial charge is 0.350 e. The van der Waals surface area contributed by atoms with Crippen LogP contribution in [0, 0.1) is 6.92 Å². The van der Waals surface area contributed by atoms with Gasteiger partial charge in [-0.25, -0.2) is 8.42 Å². The first-order valence-electron chi connectivity index (χ1n) is 8.85. The summed E-state index contributed by atoms with van der Waals surface area (Å²) >= 11 is 0. The third kappa shape index (κ3) is 4.24. The number of carbonyl (C=O) groups is 1. The second-order valence-corrected chi connectivity index (χ2v) is 9.38. The van der Waals surface area contributed by atoms with Gasteiger partial charge in [-0.2, -0.15) is 5.10 Å². The number of hydrogen-bond acceptors (Lipinski definition) is 5. The molecule has 1 aliphatic rings. The van der Waals surface area contributed by atoms with Crippen LogP contribution >= 0.6 is 0 Å². The van der Waals surface area contributed by atoms with Crippen LogP contribution in [0.2, 0.25) is 0 Å². The molecule has 2 aromatic rings. The third-order valence-corrected chi connectivity index (χ3v) is 6.81. The summed E-state index contributed by atoms with van der Waals surface area (Å²) in [5, 5.41) is 8.48. The second kappa shape index (κ2) is 7.36. The van der Waals surface area contributed by atoms with Crippen molar-refractivity contribution < 1.29 is 13.2 Å². The third-order valence-electron chi connectivity index (χ3n) is 5.06. The minimum absolute atomic E-state index is 0.0236. The maximum atomic E-state index is 12.2. The molecule has 26 heavy (non-hydrogen) atoms. The fraction of sp³-hybridized carbons (Fsp3) is 0.556. The summed E-state index contributed by atoms with van der Waals surface area (Å²) in [5.41, 5.74) is 3.06. The molecule has 0 spiro atoms. The van der Waals surface area contributed by atoms with Crippen molar-refractivity contribution >= 4 is 26.6 Å². The van der Waals surface area contributed by atoms with Crippen molar-refractivity contribution in [2.24, 2.45) is 7.05 Å². The minimum atomic E-state index is -2.90. The van der Waals surface area contributed by atoms with Gasteiger partial charge < -0.3 is 10.2 Å². The number of carbonyl (C=O) groups excluding carboxylic acids is 1. The van der Waals surface area contributed by atoms with E-state index >= 15 is 0 Å². The van der Waals surface area contributed by atoms with E-state index in [0.29, 0.717) is 25.9 Å². The quantitative estimate of drug-likeness (QED) is 0.811. The lowest BCUT2D eigenvalue weighted by molar-refractivity contribution is -0.121. The highest BCUT2D eigenvalue weighted by atomic mass is 32.2. The lowest BCUT2D eigenvalue weighted by atomic mass is 10.1. The van der Waals surface area contributed by atoms with Crippen LogP contribution in [0.4, 0.5) is 0 Å². The highest BCUT2D eigenvalue weighted by molar-refractivity contribution is 7.91. The minimum Gasteiger partial charge on any atom is -0.350 e. The average molecular weight is 378 g/mol. The Morgan fingerprint density at radius 2 is 2.19 bits per heavy atom. The molecule has 1 aliphatic heterocycles. The second-order valence-electron chi connectivity index (χ2n) is 7.16. The topological polar surface area (TPSA) is 84.3 Å². The van der Waals surface area contributed by atoms with E-state index in [1.165, 1.54) is 0 Å². The highest BCUT2D eigenvalue weighted by Crippen LogP contribution is 2.19. The molecule has 1 aromatic carbocycles. The van der Waals surface area contributed by atoms with E-state index in [-0.39, 0.29) is 23.5 Å². The van der Waals surface area contributed by atoms with E-state index in [4.69, 9.17) is 0 Å². The van der Waals surface area contributed by atoms with Crippen LogP contribution in [0.25, 0.3) is 10.9 Å². The number of amides is 1. The molecule has 7 nitrogen and oxygen atoms in total. The van der Waals surface area contributed by atoms with Gasteiger partial charge in [-0.05, 0) is 32.5 Å². The van der Waals surface area contributed by atoms with Crippen LogP contribution in [0.3, 0.4) is 0 Å². The predicted octanol–water partition coefficient (Wildman–Crippen LogP) is 1.01. The molecule has 0 saturated carbocycles. The van der Waals surface area contributed by atoms with Gasteiger partial charge in [-0.15, -0.1) is 0 Å². The Morgan fingerprint density at radius 1 is 1.42 bits per heavy atom. The van der Waals surface area contributed by atoms with Crippen molar-refractivity contribution in [1.82, 2.24) is 20.0 Å². The maximum Gasteiger partial charge on any atom is 0.221 e. The molecule has 1 N–H and O–H groups in total. The first-order valence-corrected chi connectivity index (χ1v) is 10.7. The number of aromatic nitrogens is 2. The van der Waals surface area contributed by atoms with E-state index in [2.05, 4.69) is 16.5 Å². The van der Waals surface area contributed by atoms with Gasteiger partial charge in [0.1, 0.15) is 0 Å². The maximum absolute atomic E-state index is 12.2. The summed E-state index contributed by atoms with van der Waals surface area (Å²) < 4.78 is 24.9. The molecule has 0 aliphatic carbocycles. The Balaban J connectivity index is 1.52. The zero-order chi connectivity index (χ0) is 18.9. The Bertz CT molecular complexity index is 920. The summed E-state index contributed by atoms with van der Waals surface area (Å²) in [4.78, 5) is 14.2. The highest BCUT2D eigenvalue weighted by Gasteiger charge is 2.30. The van der Waals surface area contributed by atoms with E-state index < -0.39 is 9.84 Å². The monoisotopic (exact) mass is 378 g/mol. The first-order chi connectivity index (χ1) is 12.2. The van der Waals surface area contributed by atoms with Gasteiger partial charge in [0.05, 0.1) is 29.3 Å². The summed E-state index contributed by atoms with van der Waals surface area (Å²) in [7, 11) is 0.879. The van der Waals surface area contributed by atoms with Gasteiger partial charge in [0.2, 0.25) is 5.91 Å². The fourth-order valence-corrected chi connectivity index (χ4v) is 5.24. The number of sulfone groups is 1. The molecule has 0 radical (unpaired) electrons. The Kier molecular flexibility index (Phi) is 5.34. The molecule has 0 unspecified atom stereocenters. The first kappa shape index (κ1) is 18.8. The number of fused-ring (bicyclic) bond motifs is 1. The number of rotatable bonds is 6. The summed E-state index contributed by atoms with van der Waals surface area (Å²) in [6.45, 7) is 2.98. The molecule has 1 saturated heterocycles. The van der Waals surface area contributed by atoms with Gasteiger partial charge in [-0.3, -0.25) is 9.48 Å². The average Bonchev–Trinajstić information content (AvgIpc) is 3.10. The summed E-state index contributed by atoms with van der Waals surface area (Å²) in [6.07, 6.45) is 0.997. The predicted molar refractivity (Wildman–Crippen MR) is 102 cm³/mol. The SMILES string of the molecule is Cc1ccc2c(c1)c(CNC(=O)CCN(C)[C@H]1CCS(=O)(=O)C1)nn2C. The molecule has 0 bridgehead atoms. The Labute approximate surface area is 154 Å². The summed E-state index contributed by atoms with van der Waals surface area (Å²) in [6, 6.07) is 6.19. The fourth-order valence-electron chi connectivity index (χ4n) is 3.44. The normalized spacial score (nSPS) is 19.3. The van der Waals surface area contributed by atoms with Gasteiger partial charge in [-0.1, -0.05) is 11.6 Å².